The van der Waals surface area contributed by atoms with E-state index in [9.17, 15) is 8.78 Å². The first kappa shape index (κ1) is 14.2. The summed E-state index contributed by atoms with van der Waals surface area (Å²) in [6, 6.07) is 8.15. The average molecular weight is 266 g/mol. The van der Waals surface area contributed by atoms with Gasteiger partial charge in [0.1, 0.15) is 0 Å². The largest absolute Gasteiger partial charge is 0.373 e. The molecule has 0 aliphatic carbocycles. The Morgan fingerprint density at radius 2 is 2.00 bits per heavy atom. The molecule has 1 fully saturated rings. The van der Waals surface area contributed by atoms with Crippen LogP contribution in [0.25, 0.3) is 0 Å². The summed E-state index contributed by atoms with van der Waals surface area (Å²) in [4.78, 5) is 0. The van der Waals surface area contributed by atoms with Crippen molar-refractivity contribution in [2.45, 2.75) is 38.7 Å². The van der Waals surface area contributed by atoms with Crippen molar-refractivity contribution >= 4 is 0 Å². The first-order chi connectivity index (χ1) is 9.15. The highest BCUT2D eigenvalue weighted by Crippen LogP contribution is 2.30. The second-order valence-corrected chi connectivity index (χ2v) is 5.28. The maximum Gasteiger partial charge on any atom is 0.266 e. The lowest BCUT2D eigenvalue weighted by Crippen LogP contribution is -2.18. The van der Waals surface area contributed by atoms with E-state index in [0.29, 0.717) is 18.8 Å². The number of rotatable bonds is 4. The zero-order valence-corrected chi connectivity index (χ0v) is 11.2. The molecule has 1 aliphatic heterocycles. The van der Waals surface area contributed by atoms with E-state index in [1.807, 2.05) is 12.1 Å². The third kappa shape index (κ3) is 4.43. The maximum absolute atomic E-state index is 11.9. The normalized spacial score (nSPS) is 23.1. The molecule has 1 nitrogen and oxygen atoms in total. The summed E-state index contributed by atoms with van der Waals surface area (Å²) < 4.78 is 29.7. The van der Waals surface area contributed by atoms with Crippen LogP contribution in [0.3, 0.4) is 0 Å². The molecule has 0 amide bonds. The van der Waals surface area contributed by atoms with E-state index in [2.05, 4.69) is 19.1 Å². The Kier molecular flexibility index (Phi) is 5.08. The maximum atomic E-state index is 11.9. The molecule has 1 aliphatic rings. The molecule has 1 aromatic carbocycles. The van der Waals surface area contributed by atoms with Crippen molar-refractivity contribution in [3.63, 3.8) is 0 Å². The predicted molar refractivity (Wildman–Crippen MR) is 72.2 cm³/mol. The summed E-state index contributed by atoms with van der Waals surface area (Å²) in [6.07, 6.45) is 2.89. The Morgan fingerprint density at radius 3 is 2.58 bits per heavy atom. The fraction of sp³-hybridized carbons (Fsp3) is 0.500. The zero-order valence-electron chi connectivity index (χ0n) is 11.2. The molecule has 3 heteroatoms. The van der Waals surface area contributed by atoms with Crippen LogP contribution in [0.5, 0.6) is 0 Å². The van der Waals surface area contributed by atoms with Crippen LogP contribution in [0, 0.1) is 5.92 Å². The number of hydrogen-bond donors (Lipinski definition) is 0. The van der Waals surface area contributed by atoms with Gasteiger partial charge in [-0.05, 0) is 48.8 Å². The number of allylic oxidation sites excluding steroid dienone is 1. The van der Waals surface area contributed by atoms with E-state index in [0.717, 1.165) is 24.7 Å². The quantitative estimate of drug-likeness (QED) is 0.754. The SMILES string of the molecule is CC1CCC(c2ccc(CCC=C(F)F)cc2)OC1. The molecule has 1 saturated heterocycles. The minimum absolute atomic E-state index is 0.202. The van der Waals surface area contributed by atoms with Crippen molar-refractivity contribution in [3.05, 3.63) is 47.5 Å². The Balaban J connectivity index is 1.89. The van der Waals surface area contributed by atoms with Crippen LogP contribution in [0.2, 0.25) is 0 Å². The molecule has 19 heavy (non-hydrogen) atoms. The molecule has 2 rings (SSSR count). The first-order valence-electron chi connectivity index (χ1n) is 6.86. The Hall–Kier alpha value is -1.22. The molecule has 0 spiro atoms. The second kappa shape index (κ2) is 6.80. The fourth-order valence-corrected chi connectivity index (χ4v) is 2.39. The van der Waals surface area contributed by atoms with E-state index in [-0.39, 0.29) is 6.10 Å². The van der Waals surface area contributed by atoms with Crippen molar-refractivity contribution in [2.24, 2.45) is 5.92 Å². The van der Waals surface area contributed by atoms with Gasteiger partial charge in [0.05, 0.1) is 6.10 Å². The molecule has 0 saturated carbocycles. The Bertz CT molecular complexity index is 413. The monoisotopic (exact) mass is 266 g/mol. The lowest BCUT2D eigenvalue weighted by atomic mass is 9.95. The molecular weight excluding hydrogens is 246 g/mol. The Labute approximate surface area is 113 Å². The fourth-order valence-electron chi connectivity index (χ4n) is 2.39. The summed E-state index contributed by atoms with van der Waals surface area (Å²) in [5, 5.41) is 0. The molecule has 2 unspecified atom stereocenters. The van der Waals surface area contributed by atoms with Crippen molar-refractivity contribution in [1.82, 2.24) is 0 Å². The number of ether oxygens (including phenoxy) is 1. The topological polar surface area (TPSA) is 9.23 Å². The van der Waals surface area contributed by atoms with Crippen LogP contribution in [-0.4, -0.2) is 6.61 Å². The minimum atomic E-state index is -1.60. The van der Waals surface area contributed by atoms with Gasteiger partial charge in [-0.2, -0.15) is 8.78 Å². The van der Waals surface area contributed by atoms with Crippen molar-refractivity contribution in [2.75, 3.05) is 6.61 Å². The van der Waals surface area contributed by atoms with Crippen molar-refractivity contribution in [3.8, 4) is 0 Å². The van der Waals surface area contributed by atoms with Crippen LogP contribution >= 0.6 is 0 Å². The van der Waals surface area contributed by atoms with Crippen LogP contribution < -0.4 is 0 Å². The van der Waals surface area contributed by atoms with Gasteiger partial charge in [0.15, 0.2) is 0 Å². The van der Waals surface area contributed by atoms with E-state index < -0.39 is 6.08 Å². The molecule has 0 N–H and O–H groups in total. The van der Waals surface area contributed by atoms with Crippen molar-refractivity contribution < 1.29 is 13.5 Å². The number of benzene rings is 1. The van der Waals surface area contributed by atoms with Gasteiger partial charge in [0.2, 0.25) is 0 Å². The average Bonchev–Trinajstić information content (AvgIpc) is 2.40. The molecule has 0 aromatic heterocycles. The van der Waals surface area contributed by atoms with Crippen LogP contribution in [0.4, 0.5) is 8.78 Å². The lowest BCUT2D eigenvalue weighted by molar-refractivity contribution is -0.0123. The highest BCUT2D eigenvalue weighted by molar-refractivity contribution is 5.25. The van der Waals surface area contributed by atoms with Gasteiger partial charge in [-0.3, -0.25) is 0 Å². The van der Waals surface area contributed by atoms with Crippen LogP contribution in [-0.2, 0) is 11.2 Å². The molecule has 2 atom stereocenters. The van der Waals surface area contributed by atoms with Crippen LogP contribution in [0.15, 0.2) is 36.4 Å². The van der Waals surface area contributed by atoms with Crippen LogP contribution in [0.1, 0.15) is 43.4 Å². The summed E-state index contributed by atoms with van der Waals surface area (Å²) in [5.74, 6) is 0.651. The molecule has 1 aromatic rings. The highest BCUT2D eigenvalue weighted by atomic mass is 19.3. The minimum Gasteiger partial charge on any atom is -0.373 e. The summed E-state index contributed by atoms with van der Waals surface area (Å²) in [7, 11) is 0. The standard InChI is InChI=1S/C16H20F2O/c1-12-5-10-15(19-11-12)14-8-6-13(7-9-14)3-2-4-16(17)18/h4,6-9,12,15H,2-3,5,10-11H2,1H3. The van der Waals surface area contributed by atoms with E-state index in [4.69, 9.17) is 4.74 Å². The van der Waals surface area contributed by atoms with Gasteiger partial charge in [-0.15, -0.1) is 0 Å². The lowest BCUT2D eigenvalue weighted by Gasteiger charge is -2.27. The summed E-state index contributed by atoms with van der Waals surface area (Å²) >= 11 is 0. The number of aryl methyl sites for hydroxylation is 1. The van der Waals surface area contributed by atoms with E-state index >= 15 is 0 Å². The zero-order chi connectivity index (χ0) is 13.7. The highest BCUT2D eigenvalue weighted by Gasteiger charge is 2.19. The predicted octanol–water partition coefficient (Wildman–Crippen LogP) is 4.89. The summed E-state index contributed by atoms with van der Waals surface area (Å²) in [5.41, 5.74) is 2.29. The first-order valence-corrected chi connectivity index (χ1v) is 6.86. The number of hydrogen-bond acceptors (Lipinski definition) is 1. The smallest absolute Gasteiger partial charge is 0.266 e. The van der Waals surface area contributed by atoms with E-state index in [1.165, 1.54) is 12.0 Å². The van der Waals surface area contributed by atoms with Gasteiger partial charge in [-0.25, -0.2) is 0 Å². The van der Waals surface area contributed by atoms with Gasteiger partial charge >= 0.3 is 0 Å². The summed E-state index contributed by atoms with van der Waals surface area (Å²) in [6.45, 7) is 3.03. The second-order valence-electron chi connectivity index (χ2n) is 5.28. The van der Waals surface area contributed by atoms with Gasteiger partial charge in [0.25, 0.3) is 6.08 Å². The molecular formula is C16H20F2O. The molecule has 1 heterocycles. The molecule has 0 radical (unpaired) electrons. The van der Waals surface area contributed by atoms with E-state index in [1.54, 1.807) is 0 Å². The third-order valence-electron chi connectivity index (χ3n) is 3.59. The number of halogens is 2. The van der Waals surface area contributed by atoms with Gasteiger partial charge < -0.3 is 4.74 Å². The third-order valence-corrected chi connectivity index (χ3v) is 3.59. The van der Waals surface area contributed by atoms with Gasteiger partial charge in [-0.1, -0.05) is 31.2 Å². The Morgan fingerprint density at radius 1 is 1.26 bits per heavy atom. The molecule has 0 bridgehead atoms. The van der Waals surface area contributed by atoms with Gasteiger partial charge in [0, 0.05) is 6.61 Å². The molecule has 104 valence electrons. The van der Waals surface area contributed by atoms with Crippen molar-refractivity contribution in [1.29, 1.82) is 0 Å².